The predicted molar refractivity (Wildman–Crippen MR) is 101 cm³/mol. The van der Waals surface area contributed by atoms with E-state index < -0.39 is 0 Å². The van der Waals surface area contributed by atoms with E-state index in [4.69, 9.17) is 4.42 Å². The van der Waals surface area contributed by atoms with Crippen molar-refractivity contribution in [2.24, 2.45) is 0 Å². The average Bonchev–Trinajstić information content (AvgIpc) is 3.18. The Balaban J connectivity index is 1.64. The minimum Gasteiger partial charge on any atom is -0.464 e. The Bertz CT molecular complexity index is 782. The molecule has 1 aromatic carbocycles. The molecule has 0 aliphatic carbocycles. The number of nitrogens with zero attached hydrogens (tertiary/aromatic N) is 2. The molecule has 1 aliphatic rings. The molecule has 6 nitrogen and oxygen atoms in total. The highest BCUT2D eigenvalue weighted by molar-refractivity contribution is 5.96. The lowest BCUT2D eigenvalue weighted by atomic mass is 10.2. The molecule has 138 valence electrons. The van der Waals surface area contributed by atoms with E-state index in [1.807, 2.05) is 55.1 Å². The van der Waals surface area contributed by atoms with Crippen LogP contribution in [0.4, 0.5) is 16.2 Å². The van der Waals surface area contributed by atoms with Gasteiger partial charge in [-0.1, -0.05) is 0 Å². The number of carbonyl (C=O) groups is 2. The number of benzene rings is 1. The molecule has 2 heterocycles. The number of anilines is 2. The Morgan fingerprint density at radius 3 is 2.54 bits per heavy atom. The topological polar surface area (TPSA) is 65.8 Å². The molecule has 1 aromatic heterocycles. The van der Waals surface area contributed by atoms with Crippen molar-refractivity contribution >= 4 is 23.3 Å². The Morgan fingerprint density at radius 1 is 1.27 bits per heavy atom. The molecule has 2 aromatic rings. The van der Waals surface area contributed by atoms with Crippen LogP contribution in [0.15, 0.2) is 40.8 Å². The van der Waals surface area contributed by atoms with Crippen LogP contribution in [0.2, 0.25) is 0 Å². The largest absolute Gasteiger partial charge is 0.464 e. The second-order valence-electron chi connectivity index (χ2n) is 6.65. The number of furan rings is 1. The summed E-state index contributed by atoms with van der Waals surface area (Å²) < 4.78 is 5.55. The molecule has 1 unspecified atom stereocenters. The van der Waals surface area contributed by atoms with Gasteiger partial charge in [0.05, 0.1) is 6.54 Å². The summed E-state index contributed by atoms with van der Waals surface area (Å²) in [7, 11) is 0. The number of hydrogen-bond donors (Lipinski definition) is 1. The third-order valence-corrected chi connectivity index (χ3v) is 4.69. The Morgan fingerprint density at radius 2 is 2.00 bits per heavy atom. The van der Waals surface area contributed by atoms with Gasteiger partial charge in [0.2, 0.25) is 5.91 Å². The fourth-order valence-corrected chi connectivity index (χ4v) is 3.22. The van der Waals surface area contributed by atoms with E-state index in [0.717, 1.165) is 23.6 Å². The van der Waals surface area contributed by atoms with Gasteiger partial charge in [-0.15, -0.1) is 0 Å². The Hall–Kier alpha value is -2.76. The molecule has 1 N–H and O–H groups in total. The summed E-state index contributed by atoms with van der Waals surface area (Å²) in [6.45, 7) is 6.86. The Kier molecular flexibility index (Phi) is 5.30. The minimum absolute atomic E-state index is 0.153. The zero-order valence-corrected chi connectivity index (χ0v) is 15.5. The summed E-state index contributed by atoms with van der Waals surface area (Å²) in [5, 5.41) is 2.90. The van der Waals surface area contributed by atoms with Crippen LogP contribution in [0.25, 0.3) is 0 Å². The highest BCUT2D eigenvalue weighted by atomic mass is 16.3. The molecule has 1 atom stereocenters. The zero-order valence-electron chi connectivity index (χ0n) is 15.5. The van der Waals surface area contributed by atoms with Gasteiger partial charge in [0, 0.05) is 30.4 Å². The average molecular weight is 355 g/mol. The van der Waals surface area contributed by atoms with Crippen LogP contribution in [0, 0.1) is 6.92 Å². The third kappa shape index (κ3) is 3.90. The van der Waals surface area contributed by atoms with Crippen LogP contribution in [0.3, 0.4) is 0 Å². The van der Waals surface area contributed by atoms with E-state index in [9.17, 15) is 9.59 Å². The summed E-state index contributed by atoms with van der Waals surface area (Å²) in [6.07, 6.45) is 1.48. The van der Waals surface area contributed by atoms with Crippen molar-refractivity contribution in [2.75, 3.05) is 16.8 Å². The van der Waals surface area contributed by atoms with Crippen LogP contribution in [-0.2, 0) is 11.3 Å². The predicted octanol–water partition coefficient (Wildman–Crippen LogP) is 4.16. The van der Waals surface area contributed by atoms with Gasteiger partial charge >= 0.3 is 6.03 Å². The van der Waals surface area contributed by atoms with Gasteiger partial charge < -0.3 is 19.5 Å². The molecular weight excluding hydrogens is 330 g/mol. The highest BCUT2D eigenvalue weighted by Crippen LogP contribution is 2.27. The Labute approximate surface area is 153 Å². The standard InChI is InChI=1S/C20H25N3O3/c1-4-22(13-18-11-6-15(3)26-18)20(25)21-16-7-9-17(10-8-16)23-14(2)5-12-19(23)24/h6-11,14H,4-5,12-13H2,1-3H3,(H,21,25). The zero-order chi connectivity index (χ0) is 18.7. The van der Waals surface area contributed by atoms with Crippen LogP contribution < -0.4 is 10.2 Å². The molecule has 1 saturated heterocycles. The van der Waals surface area contributed by atoms with Crippen molar-refractivity contribution < 1.29 is 14.0 Å². The van der Waals surface area contributed by atoms with E-state index in [0.29, 0.717) is 25.2 Å². The molecule has 0 radical (unpaired) electrons. The molecular formula is C20H25N3O3. The maximum Gasteiger partial charge on any atom is 0.322 e. The first-order valence-electron chi connectivity index (χ1n) is 9.01. The fourth-order valence-electron chi connectivity index (χ4n) is 3.22. The maximum absolute atomic E-state index is 12.5. The SMILES string of the molecule is CCN(Cc1ccc(C)o1)C(=O)Nc1ccc(N2C(=O)CCC2C)cc1. The lowest BCUT2D eigenvalue weighted by Crippen LogP contribution is -2.34. The normalized spacial score (nSPS) is 16.8. The van der Waals surface area contributed by atoms with E-state index in [1.165, 1.54) is 0 Å². The van der Waals surface area contributed by atoms with Gasteiger partial charge in [-0.2, -0.15) is 0 Å². The molecule has 1 fully saturated rings. The van der Waals surface area contributed by atoms with Gasteiger partial charge in [0.1, 0.15) is 11.5 Å². The maximum atomic E-state index is 12.5. The number of hydrogen-bond acceptors (Lipinski definition) is 3. The van der Waals surface area contributed by atoms with Gasteiger partial charge in [0.15, 0.2) is 0 Å². The summed E-state index contributed by atoms with van der Waals surface area (Å²) in [4.78, 5) is 28.0. The number of urea groups is 1. The number of amides is 3. The summed E-state index contributed by atoms with van der Waals surface area (Å²) >= 11 is 0. The van der Waals surface area contributed by atoms with Crippen molar-refractivity contribution in [1.29, 1.82) is 0 Å². The lowest BCUT2D eigenvalue weighted by Gasteiger charge is -2.23. The fraction of sp³-hybridized carbons (Fsp3) is 0.400. The monoisotopic (exact) mass is 355 g/mol. The van der Waals surface area contributed by atoms with Crippen molar-refractivity contribution in [3.63, 3.8) is 0 Å². The van der Waals surface area contributed by atoms with E-state index in [-0.39, 0.29) is 18.0 Å². The lowest BCUT2D eigenvalue weighted by molar-refractivity contribution is -0.117. The molecule has 3 amide bonds. The second-order valence-corrected chi connectivity index (χ2v) is 6.65. The highest BCUT2D eigenvalue weighted by Gasteiger charge is 2.28. The van der Waals surface area contributed by atoms with E-state index >= 15 is 0 Å². The number of rotatable bonds is 5. The van der Waals surface area contributed by atoms with Gasteiger partial charge in [-0.25, -0.2) is 4.79 Å². The van der Waals surface area contributed by atoms with Crippen LogP contribution in [0.1, 0.15) is 38.2 Å². The van der Waals surface area contributed by atoms with Crippen molar-refractivity contribution in [3.05, 3.63) is 47.9 Å². The summed E-state index contributed by atoms with van der Waals surface area (Å²) in [5.74, 6) is 1.74. The molecule has 0 bridgehead atoms. The third-order valence-electron chi connectivity index (χ3n) is 4.69. The van der Waals surface area contributed by atoms with E-state index in [2.05, 4.69) is 12.2 Å². The van der Waals surface area contributed by atoms with E-state index in [1.54, 1.807) is 4.90 Å². The molecule has 0 saturated carbocycles. The van der Waals surface area contributed by atoms with Crippen molar-refractivity contribution in [3.8, 4) is 0 Å². The van der Waals surface area contributed by atoms with Crippen LogP contribution >= 0.6 is 0 Å². The molecule has 6 heteroatoms. The van der Waals surface area contributed by atoms with Crippen molar-refractivity contribution in [2.45, 2.75) is 46.2 Å². The molecule has 26 heavy (non-hydrogen) atoms. The molecule has 1 aliphatic heterocycles. The van der Waals surface area contributed by atoms with Gasteiger partial charge in [0.25, 0.3) is 0 Å². The van der Waals surface area contributed by atoms with Crippen LogP contribution in [-0.4, -0.2) is 29.4 Å². The summed E-state index contributed by atoms with van der Waals surface area (Å²) in [6, 6.07) is 11.2. The first-order chi connectivity index (χ1) is 12.5. The number of nitrogens with one attached hydrogen (secondary N) is 1. The number of aryl methyl sites for hydroxylation is 1. The first-order valence-corrected chi connectivity index (χ1v) is 9.01. The molecule has 3 rings (SSSR count). The molecule has 0 spiro atoms. The van der Waals surface area contributed by atoms with Crippen LogP contribution in [0.5, 0.6) is 0 Å². The quantitative estimate of drug-likeness (QED) is 0.876. The van der Waals surface area contributed by atoms with Gasteiger partial charge in [-0.05, 0) is 63.6 Å². The first kappa shape index (κ1) is 18.0. The number of carbonyl (C=O) groups excluding carboxylic acids is 2. The van der Waals surface area contributed by atoms with Gasteiger partial charge in [-0.3, -0.25) is 4.79 Å². The van der Waals surface area contributed by atoms with Crippen molar-refractivity contribution in [1.82, 2.24) is 4.90 Å². The summed E-state index contributed by atoms with van der Waals surface area (Å²) in [5.41, 5.74) is 1.57. The minimum atomic E-state index is -0.181. The second kappa shape index (κ2) is 7.64. The smallest absolute Gasteiger partial charge is 0.322 e.